The second-order valence-corrected chi connectivity index (χ2v) is 5.68. The lowest BCUT2D eigenvalue weighted by Crippen LogP contribution is -2.42. The van der Waals surface area contributed by atoms with E-state index in [2.05, 4.69) is 0 Å². The highest BCUT2D eigenvalue weighted by molar-refractivity contribution is 6.30. The average molecular weight is 287 g/mol. The van der Waals surface area contributed by atoms with Gasteiger partial charge in [0, 0.05) is 12.8 Å². The molecule has 2 aliphatic rings. The van der Waals surface area contributed by atoms with Gasteiger partial charge in [-0.3, -0.25) is 0 Å². The molecule has 1 saturated carbocycles. The number of ether oxygens (including phenoxy) is 2. The molecule has 3 nitrogen and oxygen atoms in total. The minimum atomic E-state index is -0.974. The number of hydrogen-bond donors (Lipinski definition) is 1. The van der Waals surface area contributed by atoms with Crippen molar-refractivity contribution in [1.29, 1.82) is 0 Å². The fraction of sp³-hybridized carbons (Fsp3) is 0.571. The predicted octanol–water partition coefficient (Wildman–Crippen LogP) is 2.98. The average Bonchev–Trinajstić information content (AvgIpc) is 2.86. The second-order valence-electron chi connectivity index (χ2n) is 5.27. The maximum atomic E-state index is 13.2. The maximum absolute atomic E-state index is 13.2. The maximum Gasteiger partial charge on any atom is 0.168 e. The molecule has 0 radical (unpaired) electrons. The monoisotopic (exact) mass is 286 g/mol. The third-order valence-electron chi connectivity index (χ3n) is 4.11. The molecule has 1 aliphatic heterocycles. The van der Waals surface area contributed by atoms with Crippen molar-refractivity contribution < 1.29 is 19.0 Å². The Bertz CT molecular complexity index is 476. The van der Waals surface area contributed by atoms with Crippen LogP contribution in [-0.2, 0) is 15.1 Å². The molecule has 0 unspecified atom stereocenters. The molecular formula is C14H16ClFO3. The zero-order valence-electron chi connectivity index (χ0n) is 10.5. The summed E-state index contributed by atoms with van der Waals surface area (Å²) in [7, 11) is 0. The molecule has 1 spiro atoms. The predicted molar refractivity (Wildman–Crippen MR) is 68.4 cm³/mol. The molecular weight excluding hydrogens is 271 g/mol. The van der Waals surface area contributed by atoms with E-state index in [9.17, 15) is 9.50 Å². The quantitative estimate of drug-likeness (QED) is 0.862. The van der Waals surface area contributed by atoms with Gasteiger partial charge >= 0.3 is 0 Å². The lowest BCUT2D eigenvalue weighted by atomic mass is 9.77. The van der Waals surface area contributed by atoms with Crippen LogP contribution in [-0.4, -0.2) is 24.1 Å². The Morgan fingerprint density at radius 2 is 1.74 bits per heavy atom. The molecule has 1 aromatic carbocycles. The minimum absolute atomic E-state index is 0.0413. The minimum Gasteiger partial charge on any atom is -0.385 e. The highest BCUT2D eigenvalue weighted by Gasteiger charge is 2.46. The molecule has 1 heterocycles. The van der Waals surface area contributed by atoms with Crippen molar-refractivity contribution in [1.82, 2.24) is 0 Å². The third kappa shape index (κ3) is 2.38. The number of benzene rings is 1. The highest BCUT2D eigenvalue weighted by atomic mass is 35.5. The first-order valence-electron chi connectivity index (χ1n) is 6.49. The molecule has 0 atom stereocenters. The zero-order chi connectivity index (χ0) is 13.5. The van der Waals surface area contributed by atoms with E-state index in [1.807, 2.05) is 0 Å². The number of aliphatic hydroxyl groups is 1. The van der Waals surface area contributed by atoms with Gasteiger partial charge in [-0.2, -0.15) is 0 Å². The van der Waals surface area contributed by atoms with Crippen LogP contribution >= 0.6 is 11.6 Å². The number of halogens is 2. The Labute approximate surface area is 116 Å². The Morgan fingerprint density at radius 3 is 2.32 bits per heavy atom. The topological polar surface area (TPSA) is 38.7 Å². The summed E-state index contributed by atoms with van der Waals surface area (Å²) in [5, 5.41) is 10.8. The molecule has 2 fully saturated rings. The van der Waals surface area contributed by atoms with Crippen molar-refractivity contribution >= 4 is 11.6 Å². The van der Waals surface area contributed by atoms with Crippen LogP contribution in [0.1, 0.15) is 31.2 Å². The Kier molecular flexibility index (Phi) is 3.29. The van der Waals surface area contributed by atoms with E-state index in [0.29, 0.717) is 44.5 Å². The smallest absolute Gasteiger partial charge is 0.168 e. The van der Waals surface area contributed by atoms with Crippen LogP contribution < -0.4 is 0 Å². The first-order valence-corrected chi connectivity index (χ1v) is 6.87. The summed E-state index contributed by atoms with van der Waals surface area (Å²) < 4.78 is 24.4. The largest absolute Gasteiger partial charge is 0.385 e. The number of rotatable bonds is 1. The Morgan fingerprint density at radius 1 is 1.11 bits per heavy atom. The van der Waals surface area contributed by atoms with E-state index >= 15 is 0 Å². The molecule has 1 aliphatic carbocycles. The van der Waals surface area contributed by atoms with Gasteiger partial charge in [0.15, 0.2) is 5.79 Å². The van der Waals surface area contributed by atoms with Gasteiger partial charge in [0.2, 0.25) is 0 Å². The van der Waals surface area contributed by atoms with Crippen LogP contribution in [0, 0.1) is 5.82 Å². The van der Waals surface area contributed by atoms with Gasteiger partial charge in [0.1, 0.15) is 5.82 Å². The first kappa shape index (κ1) is 13.3. The van der Waals surface area contributed by atoms with Crippen LogP contribution in [0.2, 0.25) is 5.02 Å². The van der Waals surface area contributed by atoms with Gasteiger partial charge in [-0.15, -0.1) is 0 Å². The van der Waals surface area contributed by atoms with E-state index in [0.717, 1.165) is 0 Å². The van der Waals surface area contributed by atoms with Gasteiger partial charge < -0.3 is 14.6 Å². The SMILES string of the molecule is OC1(c2ccc(F)c(Cl)c2)CCC2(CC1)OCCO2. The molecule has 0 aromatic heterocycles. The summed E-state index contributed by atoms with van der Waals surface area (Å²) >= 11 is 5.78. The molecule has 1 saturated heterocycles. The second kappa shape index (κ2) is 4.70. The van der Waals surface area contributed by atoms with Crippen LogP contribution in [0.25, 0.3) is 0 Å². The van der Waals surface area contributed by atoms with Crippen LogP contribution in [0.15, 0.2) is 18.2 Å². The summed E-state index contributed by atoms with van der Waals surface area (Å²) in [4.78, 5) is 0. The fourth-order valence-corrected chi connectivity index (χ4v) is 3.08. The van der Waals surface area contributed by atoms with Gasteiger partial charge in [-0.1, -0.05) is 17.7 Å². The third-order valence-corrected chi connectivity index (χ3v) is 4.40. The summed E-state index contributed by atoms with van der Waals surface area (Å²) in [5.41, 5.74) is -0.315. The van der Waals surface area contributed by atoms with Gasteiger partial charge in [0.25, 0.3) is 0 Å². The van der Waals surface area contributed by atoms with E-state index in [4.69, 9.17) is 21.1 Å². The van der Waals surface area contributed by atoms with E-state index in [1.165, 1.54) is 12.1 Å². The van der Waals surface area contributed by atoms with E-state index < -0.39 is 17.2 Å². The molecule has 0 bridgehead atoms. The molecule has 3 rings (SSSR count). The van der Waals surface area contributed by atoms with Crippen molar-refractivity contribution in [3.8, 4) is 0 Å². The Balaban J connectivity index is 1.79. The highest BCUT2D eigenvalue weighted by Crippen LogP contribution is 2.45. The lowest BCUT2D eigenvalue weighted by Gasteiger charge is -2.40. The summed E-state index contributed by atoms with van der Waals surface area (Å²) in [6, 6.07) is 4.39. The zero-order valence-corrected chi connectivity index (χ0v) is 11.3. The van der Waals surface area contributed by atoms with E-state index in [-0.39, 0.29) is 5.02 Å². The molecule has 1 aromatic rings. The van der Waals surface area contributed by atoms with Crippen molar-refractivity contribution in [2.45, 2.75) is 37.1 Å². The van der Waals surface area contributed by atoms with Crippen LogP contribution in [0.5, 0.6) is 0 Å². The van der Waals surface area contributed by atoms with E-state index in [1.54, 1.807) is 6.07 Å². The van der Waals surface area contributed by atoms with Crippen molar-refractivity contribution in [3.05, 3.63) is 34.6 Å². The van der Waals surface area contributed by atoms with Gasteiger partial charge in [0.05, 0.1) is 23.8 Å². The molecule has 5 heteroatoms. The Hall–Kier alpha value is -0.680. The van der Waals surface area contributed by atoms with Crippen LogP contribution in [0.4, 0.5) is 4.39 Å². The van der Waals surface area contributed by atoms with Gasteiger partial charge in [-0.05, 0) is 30.5 Å². The summed E-state index contributed by atoms with van der Waals surface area (Å²) in [6.07, 6.45) is 2.32. The fourth-order valence-electron chi connectivity index (χ4n) is 2.90. The molecule has 19 heavy (non-hydrogen) atoms. The summed E-state index contributed by atoms with van der Waals surface area (Å²) in [5.74, 6) is -0.987. The van der Waals surface area contributed by atoms with Gasteiger partial charge in [-0.25, -0.2) is 4.39 Å². The number of hydrogen-bond acceptors (Lipinski definition) is 3. The first-order chi connectivity index (χ1) is 9.03. The summed E-state index contributed by atoms with van der Waals surface area (Å²) in [6.45, 7) is 1.22. The molecule has 1 N–H and O–H groups in total. The molecule has 0 amide bonds. The molecule has 104 valence electrons. The lowest BCUT2D eigenvalue weighted by molar-refractivity contribution is -0.204. The normalized spacial score (nSPS) is 24.8. The van der Waals surface area contributed by atoms with Crippen molar-refractivity contribution in [2.24, 2.45) is 0 Å². The van der Waals surface area contributed by atoms with Crippen molar-refractivity contribution in [2.75, 3.05) is 13.2 Å². The van der Waals surface area contributed by atoms with Crippen molar-refractivity contribution in [3.63, 3.8) is 0 Å². The standard InChI is InChI=1S/C14H16ClFO3/c15-11-9-10(1-2-12(11)16)13(17)3-5-14(6-4-13)18-7-8-19-14/h1-2,9,17H,3-8H2. The van der Waals surface area contributed by atoms with Crippen LogP contribution in [0.3, 0.4) is 0 Å².